The van der Waals surface area contributed by atoms with Crippen LogP contribution < -0.4 is 5.73 Å². The van der Waals surface area contributed by atoms with Crippen molar-refractivity contribution in [1.82, 2.24) is 0 Å². The minimum Gasteiger partial charge on any atom is -0.327 e. The quantitative estimate of drug-likeness (QED) is 0.497. The van der Waals surface area contributed by atoms with Crippen molar-refractivity contribution in [3.8, 4) is 0 Å². The summed E-state index contributed by atoms with van der Waals surface area (Å²) in [6.07, 6.45) is 11.1. The molecular weight excluding hydrogens is 230 g/mol. The average Bonchev–Trinajstić information content (AvgIpc) is 2.16. The second-order valence-electron chi connectivity index (χ2n) is 5.54. The second kappa shape index (κ2) is 8.77. The van der Waals surface area contributed by atoms with Crippen molar-refractivity contribution in [1.29, 1.82) is 0 Å². The zero-order chi connectivity index (χ0) is 13.3. The Morgan fingerprint density at radius 2 is 2.06 bits per heavy atom. The molecule has 17 heavy (non-hydrogen) atoms. The Kier molecular flexibility index (Phi) is 8.63. The van der Waals surface area contributed by atoms with Gasteiger partial charge in [0.15, 0.2) is 0 Å². The fourth-order valence-corrected chi connectivity index (χ4v) is 1.86. The lowest BCUT2D eigenvalue weighted by molar-refractivity contribution is 0.474. The average molecular weight is 258 g/mol. The normalized spacial score (nSPS) is 15.5. The van der Waals surface area contributed by atoms with E-state index in [1.165, 1.54) is 18.4 Å². The van der Waals surface area contributed by atoms with Crippen LogP contribution in [0.3, 0.4) is 0 Å². The SMILES string of the molecule is CC(C=CCC(C)CCCC(C)(C)Cl)=CCN. The number of hydrogen-bond acceptors (Lipinski definition) is 1. The van der Waals surface area contributed by atoms with E-state index < -0.39 is 0 Å². The van der Waals surface area contributed by atoms with Gasteiger partial charge in [0.05, 0.1) is 0 Å². The molecule has 0 rings (SSSR count). The van der Waals surface area contributed by atoms with Crippen LogP contribution >= 0.6 is 11.6 Å². The van der Waals surface area contributed by atoms with Crippen LogP contribution in [0.15, 0.2) is 23.8 Å². The molecule has 0 aliphatic carbocycles. The van der Waals surface area contributed by atoms with Gasteiger partial charge in [0, 0.05) is 11.4 Å². The van der Waals surface area contributed by atoms with E-state index in [1.54, 1.807) is 0 Å². The molecule has 0 aromatic rings. The highest BCUT2D eigenvalue weighted by Gasteiger charge is 2.12. The largest absolute Gasteiger partial charge is 0.327 e. The summed E-state index contributed by atoms with van der Waals surface area (Å²) in [6.45, 7) is 9.17. The van der Waals surface area contributed by atoms with Gasteiger partial charge < -0.3 is 5.73 Å². The zero-order valence-electron chi connectivity index (χ0n) is 11.8. The van der Waals surface area contributed by atoms with Gasteiger partial charge in [-0.25, -0.2) is 0 Å². The number of allylic oxidation sites excluding steroid dienone is 3. The van der Waals surface area contributed by atoms with E-state index in [2.05, 4.69) is 39.8 Å². The summed E-state index contributed by atoms with van der Waals surface area (Å²) >= 11 is 6.16. The maximum atomic E-state index is 6.16. The van der Waals surface area contributed by atoms with Gasteiger partial charge in [-0.3, -0.25) is 0 Å². The van der Waals surface area contributed by atoms with Crippen molar-refractivity contribution in [2.75, 3.05) is 6.54 Å². The van der Waals surface area contributed by atoms with Crippen LogP contribution in [-0.2, 0) is 0 Å². The summed E-state index contributed by atoms with van der Waals surface area (Å²) in [5.41, 5.74) is 6.70. The van der Waals surface area contributed by atoms with E-state index in [1.807, 2.05) is 6.08 Å². The topological polar surface area (TPSA) is 26.0 Å². The summed E-state index contributed by atoms with van der Waals surface area (Å²) in [5.74, 6) is 0.732. The van der Waals surface area contributed by atoms with E-state index in [4.69, 9.17) is 17.3 Å². The van der Waals surface area contributed by atoms with Gasteiger partial charge in [0.2, 0.25) is 0 Å². The first kappa shape index (κ1) is 16.7. The van der Waals surface area contributed by atoms with Crippen LogP contribution in [-0.4, -0.2) is 11.4 Å². The van der Waals surface area contributed by atoms with Crippen molar-refractivity contribution in [2.45, 2.75) is 58.3 Å². The third kappa shape index (κ3) is 12.0. The van der Waals surface area contributed by atoms with E-state index in [-0.39, 0.29) is 4.87 Å². The standard InChI is InChI=1S/C15H28ClN/c1-13(9-6-11-15(3,4)16)7-5-8-14(2)10-12-17/h5,8,10,13H,6-7,9,11-12,17H2,1-4H3. The minimum atomic E-state index is -0.0456. The number of alkyl halides is 1. The van der Waals surface area contributed by atoms with Gasteiger partial charge in [-0.2, -0.15) is 0 Å². The van der Waals surface area contributed by atoms with Crippen LogP contribution in [0.2, 0.25) is 0 Å². The second-order valence-corrected chi connectivity index (χ2v) is 6.56. The molecule has 100 valence electrons. The first-order valence-corrected chi connectivity index (χ1v) is 6.95. The van der Waals surface area contributed by atoms with Crippen molar-refractivity contribution in [3.05, 3.63) is 23.8 Å². The Labute approximate surface area is 112 Å². The van der Waals surface area contributed by atoms with Gasteiger partial charge in [-0.15, -0.1) is 11.6 Å². The lowest BCUT2D eigenvalue weighted by Crippen LogP contribution is -2.10. The smallest absolute Gasteiger partial charge is 0.0390 e. The molecule has 0 saturated carbocycles. The maximum Gasteiger partial charge on any atom is 0.0390 e. The lowest BCUT2D eigenvalue weighted by atomic mass is 9.96. The van der Waals surface area contributed by atoms with Crippen LogP contribution in [0, 0.1) is 5.92 Å². The van der Waals surface area contributed by atoms with E-state index in [0.29, 0.717) is 6.54 Å². The molecule has 0 saturated heterocycles. The summed E-state index contributed by atoms with van der Waals surface area (Å²) in [7, 11) is 0. The summed E-state index contributed by atoms with van der Waals surface area (Å²) in [4.78, 5) is -0.0456. The van der Waals surface area contributed by atoms with Crippen LogP contribution in [0.25, 0.3) is 0 Å². The molecule has 0 radical (unpaired) electrons. The van der Waals surface area contributed by atoms with Gasteiger partial charge in [-0.05, 0) is 39.5 Å². The minimum absolute atomic E-state index is 0.0456. The predicted octanol–water partition coefficient (Wildman–Crippen LogP) is 4.66. The van der Waals surface area contributed by atoms with Crippen molar-refractivity contribution >= 4 is 11.6 Å². The molecule has 0 aromatic heterocycles. The molecule has 0 spiro atoms. The van der Waals surface area contributed by atoms with Crippen LogP contribution in [0.1, 0.15) is 53.4 Å². The van der Waals surface area contributed by atoms with Crippen LogP contribution in [0.4, 0.5) is 0 Å². The molecule has 0 bridgehead atoms. The number of halogens is 1. The third-order valence-electron chi connectivity index (χ3n) is 2.83. The Hall–Kier alpha value is -0.270. The lowest BCUT2D eigenvalue weighted by Gasteiger charge is -2.16. The van der Waals surface area contributed by atoms with E-state index >= 15 is 0 Å². The van der Waals surface area contributed by atoms with Crippen molar-refractivity contribution in [2.24, 2.45) is 11.7 Å². The molecule has 0 aliphatic heterocycles. The Morgan fingerprint density at radius 3 is 2.59 bits per heavy atom. The first-order chi connectivity index (χ1) is 7.85. The number of rotatable bonds is 8. The van der Waals surface area contributed by atoms with Crippen LogP contribution in [0.5, 0.6) is 0 Å². The Bertz CT molecular complexity index is 248. The first-order valence-electron chi connectivity index (χ1n) is 6.57. The van der Waals surface area contributed by atoms with E-state index in [0.717, 1.165) is 18.8 Å². The molecule has 2 N–H and O–H groups in total. The third-order valence-corrected chi connectivity index (χ3v) is 3.02. The summed E-state index contributed by atoms with van der Waals surface area (Å²) in [5, 5.41) is 0. The zero-order valence-corrected chi connectivity index (χ0v) is 12.6. The molecule has 1 atom stereocenters. The van der Waals surface area contributed by atoms with Gasteiger partial charge in [-0.1, -0.05) is 43.6 Å². The molecule has 0 fully saturated rings. The van der Waals surface area contributed by atoms with E-state index in [9.17, 15) is 0 Å². The Morgan fingerprint density at radius 1 is 1.41 bits per heavy atom. The predicted molar refractivity (Wildman–Crippen MR) is 79.5 cm³/mol. The molecule has 1 nitrogen and oxygen atoms in total. The number of hydrogen-bond donors (Lipinski definition) is 1. The summed E-state index contributed by atoms with van der Waals surface area (Å²) in [6, 6.07) is 0. The molecule has 0 aromatic carbocycles. The molecule has 2 heteroatoms. The highest BCUT2D eigenvalue weighted by Crippen LogP contribution is 2.23. The fraction of sp³-hybridized carbons (Fsp3) is 0.733. The van der Waals surface area contributed by atoms with Gasteiger partial charge in [0.25, 0.3) is 0 Å². The maximum absolute atomic E-state index is 6.16. The van der Waals surface area contributed by atoms with Gasteiger partial charge in [0.1, 0.15) is 0 Å². The van der Waals surface area contributed by atoms with Crippen molar-refractivity contribution < 1.29 is 0 Å². The monoisotopic (exact) mass is 257 g/mol. The molecule has 0 heterocycles. The Balaban J connectivity index is 3.73. The molecule has 0 amide bonds. The molecular formula is C15H28ClN. The van der Waals surface area contributed by atoms with Crippen molar-refractivity contribution in [3.63, 3.8) is 0 Å². The summed E-state index contributed by atoms with van der Waals surface area (Å²) < 4.78 is 0. The number of nitrogens with two attached hydrogens (primary N) is 1. The highest BCUT2D eigenvalue weighted by atomic mass is 35.5. The van der Waals surface area contributed by atoms with Gasteiger partial charge >= 0.3 is 0 Å². The fourth-order valence-electron chi connectivity index (χ4n) is 1.73. The molecule has 0 aliphatic rings. The molecule has 1 unspecified atom stereocenters. The highest BCUT2D eigenvalue weighted by molar-refractivity contribution is 6.23.